The Hall–Kier alpha value is -3.97. The van der Waals surface area contributed by atoms with Crippen molar-refractivity contribution in [2.24, 2.45) is 5.10 Å². The molecule has 0 aliphatic carbocycles. The van der Waals surface area contributed by atoms with Crippen LogP contribution in [0.1, 0.15) is 11.1 Å². The molecule has 1 N–H and O–H groups in total. The number of carbonyl (C=O) groups excluding carboxylic acids is 1. The van der Waals surface area contributed by atoms with Crippen LogP contribution in [0.3, 0.4) is 0 Å². The van der Waals surface area contributed by atoms with Gasteiger partial charge in [-0.2, -0.15) is 10.1 Å². The van der Waals surface area contributed by atoms with Gasteiger partial charge in [-0.05, 0) is 29.8 Å². The van der Waals surface area contributed by atoms with Crippen LogP contribution >= 0.6 is 11.3 Å². The van der Waals surface area contributed by atoms with Crippen LogP contribution in [0.25, 0.3) is 10.2 Å². The first kappa shape index (κ1) is 20.0. The molecule has 32 heavy (non-hydrogen) atoms. The molecule has 0 radical (unpaired) electrons. The van der Waals surface area contributed by atoms with Crippen molar-refractivity contribution in [3.05, 3.63) is 102 Å². The molecule has 0 saturated carbocycles. The fourth-order valence-corrected chi connectivity index (χ4v) is 4.36. The highest BCUT2D eigenvalue weighted by atomic mass is 32.1. The van der Waals surface area contributed by atoms with Crippen molar-refractivity contribution in [3.63, 3.8) is 0 Å². The summed E-state index contributed by atoms with van der Waals surface area (Å²) in [5, 5.41) is 9.88. The third kappa shape index (κ3) is 3.86. The number of nitrogens with one attached hydrogen (secondary N) is 1. The standard InChI is InChI=1S/C25H20N4O2S/c1-31-19-13-11-17(12-14-19)15-26-16-20-23(18-7-3-2-4-8-18)28-29(24(20)30)25-27-21-9-5-6-10-22(21)32-25/h2-14,16,26H,15H2,1H3/b20-16+. The zero-order valence-corrected chi connectivity index (χ0v) is 18.2. The van der Waals surface area contributed by atoms with E-state index >= 15 is 0 Å². The van der Waals surface area contributed by atoms with Gasteiger partial charge in [-0.1, -0.05) is 65.9 Å². The molecule has 0 saturated heterocycles. The molecule has 5 rings (SSSR count). The van der Waals surface area contributed by atoms with Crippen molar-refractivity contribution < 1.29 is 9.53 Å². The monoisotopic (exact) mass is 440 g/mol. The first-order valence-corrected chi connectivity index (χ1v) is 11.0. The van der Waals surface area contributed by atoms with Crippen LogP contribution in [0.4, 0.5) is 5.13 Å². The Morgan fingerprint density at radius 2 is 1.75 bits per heavy atom. The van der Waals surface area contributed by atoms with Crippen molar-refractivity contribution in [3.8, 4) is 5.75 Å². The van der Waals surface area contributed by atoms with E-state index in [-0.39, 0.29) is 5.91 Å². The van der Waals surface area contributed by atoms with Gasteiger partial charge in [-0.25, -0.2) is 4.98 Å². The number of carbonyl (C=O) groups is 1. The lowest BCUT2D eigenvalue weighted by molar-refractivity contribution is -0.114. The Balaban J connectivity index is 1.45. The van der Waals surface area contributed by atoms with Gasteiger partial charge < -0.3 is 10.1 Å². The van der Waals surface area contributed by atoms with E-state index in [1.165, 1.54) is 16.3 Å². The Bertz CT molecular complexity index is 1290. The zero-order chi connectivity index (χ0) is 21.9. The normalized spacial score (nSPS) is 14.8. The van der Waals surface area contributed by atoms with E-state index in [9.17, 15) is 4.79 Å². The number of aromatic nitrogens is 1. The van der Waals surface area contributed by atoms with E-state index < -0.39 is 0 Å². The van der Waals surface area contributed by atoms with Gasteiger partial charge in [-0.15, -0.1) is 0 Å². The SMILES string of the molecule is COc1ccc(CN/C=C2/C(=O)N(c3nc4ccccc4s3)N=C2c2ccccc2)cc1. The average Bonchev–Trinajstić information content (AvgIpc) is 3.41. The van der Waals surface area contributed by atoms with E-state index in [2.05, 4.69) is 15.4 Å². The van der Waals surface area contributed by atoms with Gasteiger partial charge in [0.25, 0.3) is 5.91 Å². The number of methoxy groups -OCH3 is 1. The fourth-order valence-electron chi connectivity index (χ4n) is 3.45. The summed E-state index contributed by atoms with van der Waals surface area (Å²) in [4.78, 5) is 18.0. The number of thiazole rings is 1. The number of anilines is 1. The molecule has 158 valence electrons. The maximum Gasteiger partial charge on any atom is 0.284 e. The molecule has 1 aliphatic rings. The molecule has 3 aromatic carbocycles. The fraction of sp³-hybridized carbons (Fsp3) is 0.0800. The van der Waals surface area contributed by atoms with E-state index in [4.69, 9.17) is 4.74 Å². The van der Waals surface area contributed by atoms with Crippen LogP contribution < -0.4 is 15.1 Å². The predicted octanol–water partition coefficient (Wildman–Crippen LogP) is 4.73. The lowest BCUT2D eigenvalue weighted by Crippen LogP contribution is -2.22. The van der Waals surface area contributed by atoms with Gasteiger partial charge in [0, 0.05) is 18.3 Å². The highest BCUT2D eigenvalue weighted by Crippen LogP contribution is 2.33. The van der Waals surface area contributed by atoms with Gasteiger partial charge in [-0.3, -0.25) is 4.79 Å². The number of para-hydroxylation sites is 1. The number of fused-ring (bicyclic) bond motifs is 1. The van der Waals surface area contributed by atoms with Crippen molar-refractivity contribution >= 4 is 38.3 Å². The third-order valence-electron chi connectivity index (χ3n) is 5.10. The topological polar surface area (TPSA) is 66.8 Å². The summed E-state index contributed by atoms with van der Waals surface area (Å²) in [6.07, 6.45) is 1.74. The third-order valence-corrected chi connectivity index (χ3v) is 6.11. The van der Waals surface area contributed by atoms with Crippen molar-refractivity contribution in [2.75, 3.05) is 12.1 Å². The van der Waals surface area contributed by atoms with E-state index in [0.717, 1.165) is 27.1 Å². The molecule has 6 nitrogen and oxygen atoms in total. The van der Waals surface area contributed by atoms with Gasteiger partial charge >= 0.3 is 0 Å². The number of ether oxygens (including phenoxy) is 1. The number of hydrogen-bond donors (Lipinski definition) is 1. The lowest BCUT2D eigenvalue weighted by atomic mass is 10.0. The minimum Gasteiger partial charge on any atom is -0.497 e. The molecule has 2 heterocycles. The predicted molar refractivity (Wildman–Crippen MR) is 128 cm³/mol. The number of hydrogen-bond acceptors (Lipinski definition) is 6. The average molecular weight is 441 g/mol. The molecule has 1 aliphatic heterocycles. The molecule has 0 spiro atoms. The molecule has 7 heteroatoms. The summed E-state index contributed by atoms with van der Waals surface area (Å²) < 4.78 is 6.22. The maximum absolute atomic E-state index is 13.3. The highest BCUT2D eigenvalue weighted by Gasteiger charge is 2.33. The second-order valence-electron chi connectivity index (χ2n) is 7.18. The molecule has 0 atom stereocenters. The summed E-state index contributed by atoms with van der Waals surface area (Å²) in [5.74, 6) is 0.605. The molecular formula is C25H20N4O2S. The van der Waals surface area contributed by atoms with Crippen molar-refractivity contribution in [2.45, 2.75) is 6.54 Å². The Labute approximate surface area is 189 Å². The molecule has 0 bridgehead atoms. The van der Waals surface area contributed by atoms with Crippen molar-refractivity contribution in [1.82, 2.24) is 10.3 Å². The second-order valence-corrected chi connectivity index (χ2v) is 8.19. The van der Waals surface area contributed by atoms with Gasteiger partial charge in [0.15, 0.2) is 0 Å². The summed E-state index contributed by atoms with van der Waals surface area (Å²) in [6, 6.07) is 25.3. The van der Waals surface area contributed by atoms with Gasteiger partial charge in [0.1, 0.15) is 11.5 Å². The number of nitrogens with zero attached hydrogens (tertiary/aromatic N) is 3. The van der Waals surface area contributed by atoms with Crippen LogP contribution in [0.15, 0.2) is 95.7 Å². The van der Waals surface area contributed by atoms with E-state index in [1.807, 2.05) is 78.9 Å². The minimum atomic E-state index is -0.204. The Kier molecular flexibility index (Phi) is 5.39. The summed E-state index contributed by atoms with van der Waals surface area (Å²) >= 11 is 1.45. The second kappa shape index (κ2) is 8.64. The van der Waals surface area contributed by atoms with Crippen LogP contribution in [0.2, 0.25) is 0 Å². The summed E-state index contributed by atoms with van der Waals surface area (Å²) in [5.41, 5.74) is 3.93. The molecule has 4 aromatic rings. The summed E-state index contributed by atoms with van der Waals surface area (Å²) in [7, 11) is 1.64. The molecule has 0 fully saturated rings. The molecule has 1 amide bonds. The number of amides is 1. The largest absolute Gasteiger partial charge is 0.497 e. The van der Waals surface area contributed by atoms with E-state index in [0.29, 0.717) is 23.0 Å². The minimum absolute atomic E-state index is 0.204. The lowest BCUT2D eigenvalue weighted by Gasteiger charge is -2.07. The van der Waals surface area contributed by atoms with Crippen LogP contribution in [0.5, 0.6) is 5.75 Å². The molecule has 0 unspecified atom stereocenters. The first-order valence-electron chi connectivity index (χ1n) is 10.1. The van der Waals surface area contributed by atoms with Crippen LogP contribution in [-0.2, 0) is 11.3 Å². The number of hydrazone groups is 1. The van der Waals surface area contributed by atoms with Crippen LogP contribution in [-0.4, -0.2) is 23.7 Å². The number of rotatable bonds is 6. The Morgan fingerprint density at radius 1 is 1.00 bits per heavy atom. The highest BCUT2D eigenvalue weighted by molar-refractivity contribution is 7.22. The summed E-state index contributed by atoms with van der Waals surface area (Å²) in [6.45, 7) is 0.573. The quantitative estimate of drug-likeness (QED) is 0.440. The first-order chi connectivity index (χ1) is 15.7. The van der Waals surface area contributed by atoms with Crippen molar-refractivity contribution in [1.29, 1.82) is 0 Å². The molecular weight excluding hydrogens is 420 g/mol. The maximum atomic E-state index is 13.3. The number of benzene rings is 3. The smallest absolute Gasteiger partial charge is 0.284 e. The van der Waals surface area contributed by atoms with Gasteiger partial charge in [0.2, 0.25) is 5.13 Å². The van der Waals surface area contributed by atoms with Crippen LogP contribution in [0, 0.1) is 0 Å². The van der Waals surface area contributed by atoms with E-state index in [1.54, 1.807) is 13.3 Å². The molecule has 1 aromatic heterocycles. The zero-order valence-electron chi connectivity index (χ0n) is 17.4. The Morgan fingerprint density at radius 3 is 2.50 bits per heavy atom. The van der Waals surface area contributed by atoms with Gasteiger partial charge in [0.05, 0.1) is 22.9 Å².